The van der Waals surface area contributed by atoms with E-state index in [9.17, 15) is 13.2 Å². The molecule has 16 heavy (non-hydrogen) atoms. The van der Waals surface area contributed by atoms with E-state index in [1.54, 1.807) is 24.3 Å². The average molecular weight is 248 g/mol. The van der Waals surface area contributed by atoms with Crippen LogP contribution in [0.1, 0.15) is 25.8 Å². The van der Waals surface area contributed by atoms with Crippen LogP contribution in [0.3, 0.4) is 0 Å². The van der Waals surface area contributed by atoms with E-state index in [4.69, 9.17) is 0 Å². The summed E-state index contributed by atoms with van der Waals surface area (Å²) in [4.78, 5) is 0.517. The molecule has 0 aliphatic rings. The number of hydrogen-bond donors (Lipinski definition) is 0. The second-order valence-corrected chi connectivity index (χ2v) is 5.33. The Kier molecular flexibility index (Phi) is 3.94. The highest BCUT2D eigenvalue weighted by atomic mass is 32.2. The van der Waals surface area contributed by atoms with Crippen molar-refractivity contribution in [2.24, 2.45) is 0 Å². The Hall–Kier alpha value is -0.640. The van der Waals surface area contributed by atoms with Crippen LogP contribution in [0.15, 0.2) is 29.2 Å². The summed E-state index contributed by atoms with van der Waals surface area (Å²) in [5.74, 6) is -3.32. The molecule has 0 fully saturated rings. The van der Waals surface area contributed by atoms with Crippen molar-refractivity contribution < 1.29 is 13.2 Å². The van der Waals surface area contributed by atoms with Crippen molar-refractivity contribution >= 4 is 11.8 Å². The minimum atomic E-state index is -3.32. The molecule has 0 saturated heterocycles. The maximum Gasteiger partial charge on any atom is 0.290 e. The Morgan fingerprint density at radius 2 is 1.62 bits per heavy atom. The number of benzene rings is 1. The predicted molar refractivity (Wildman–Crippen MR) is 61.8 cm³/mol. The SMILES string of the molecule is CCC(F)(F)C(C)(F)Sc1ccc(C)cc1. The zero-order chi connectivity index (χ0) is 12.4. The fourth-order valence-corrected chi connectivity index (χ4v) is 2.23. The maximum atomic E-state index is 13.9. The zero-order valence-electron chi connectivity index (χ0n) is 9.56. The Morgan fingerprint density at radius 1 is 1.12 bits per heavy atom. The second-order valence-electron chi connectivity index (χ2n) is 3.89. The van der Waals surface area contributed by atoms with E-state index >= 15 is 0 Å². The van der Waals surface area contributed by atoms with E-state index < -0.39 is 17.3 Å². The summed E-state index contributed by atoms with van der Waals surface area (Å²) in [5, 5.41) is -2.57. The number of hydrogen-bond acceptors (Lipinski definition) is 1. The second kappa shape index (κ2) is 4.70. The third kappa shape index (κ3) is 2.94. The molecule has 1 unspecified atom stereocenters. The van der Waals surface area contributed by atoms with Crippen molar-refractivity contribution in [3.05, 3.63) is 29.8 Å². The van der Waals surface area contributed by atoms with Gasteiger partial charge < -0.3 is 0 Å². The molecule has 0 N–H and O–H groups in total. The summed E-state index contributed by atoms with van der Waals surface area (Å²) in [6.45, 7) is 4.11. The molecule has 4 heteroatoms. The lowest BCUT2D eigenvalue weighted by Gasteiger charge is -2.28. The Bertz CT molecular complexity index is 344. The monoisotopic (exact) mass is 248 g/mol. The smallest absolute Gasteiger partial charge is 0.225 e. The summed E-state index contributed by atoms with van der Waals surface area (Å²) in [5.41, 5.74) is 1.02. The molecular weight excluding hydrogens is 233 g/mol. The quantitative estimate of drug-likeness (QED) is 0.688. The fraction of sp³-hybridized carbons (Fsp3) is 0.500. The van der Waals surface area contributed by atoms with Gasteiger partial charge in [-0.25, -0.2) is 13.2 Å². The van der Waals surface area contributed by atoms with Crippen molar-refractivity contribution in [3.8, 4) is 0 Å². The van der Waals surface area contributed by atoms with Crippen LogP contribution in [-0.4, -0.2) is 10.9 Å². The molecule has 1 aromatic rings. The molecule has 0 heterocycles. The molecular formula is C12H15F3S. The molecule has 0 aromatic heterocycles. The average Bonchev–Trinajstić information content (AvgIpc) is 2.21. The van der Waals surface area contributed by atoms with Crippen LogP contribution in [0.5, 0.6) is 0 Å². The number of alkyl halides is 3. The Labute approximate surface area is 98.2 Å². The first-order chi connectivity index (χ1) is 7.28. The standard InChI is InChI=1S/C12H15F3S/c1-4-12(14,15)11(3,13)16-10-7-5-9(2)6-8-10/h5-8H,4H2,1-3H3. The fourth-order valence-electron chi connectivity index (χ4n) is 1.22. The maximum absolute atomic E-state index is 13.9. The van der Waals surface area contributed by atoms with Crippen molar-refractivity contribution in [1.82, 2.24) is 0 Å². The molecule has 1 atom stereocenters. The molecule has 0 bridgehead atoms. The molecule has 1 aromatic carbocycles. The topological polar surface area (TPSA) is 0 Å². The number of aryl methyl sites for hydroxylation is 1. The van der Waals surface area contributed by atoms with E-state index in [0.29, 0.717) is 16.7 Å². The highest BCUT2D eigenvalue weighted by Gasteiger charge is 2.50. The largest absolute Gasteiger partial charge is 0.290 e. The van der Waals surface area contributed by atoms with Gasteiger partial charge in [-0.2, -0.15) is 0 Å². The van der Waals surface area contributed by atoms with Crippen LogP contribution in [0, 0.1) is 6.92 Å². The third-order valence-corrected chi connectivity index (χ3v) is 3.62. The van der Waals surface area contributed by atoms with Crippen LogP contribution in [0.4, 0.5) is 13.2 Å². The van der Waals surface area contributed by atoms with Gasteiger partial charge >= 0.3 is 0 Å². The van der Waals surface area contributed by atoms with E-state index in [-0.39, 0.29) is 0 Å². The number of rotatable bonds is 4. The summed E-state index contributed by atoms with van der Waals surface area (Å²) >= 11 is 0.569. The molecule has 1 rings (SSSR count). The first-order valence-electron chi connectivity index (χ1n) is 5.11. The molecule has 0 aliphatic carbocycles. The first kappa shape index (κ1) is 13.4. The minimum absolute atomic E-state index is 0.501. The van der Waals surface area contributed by atoms with E-state index in [1.807, 2.05) is 6.92 Å². The van der Waals surface area contributed by atoms with Crippen LogP contribution < -0.4 is 0 Å². The van der Waals surface area contributed by atoms with Gasteiger partial charge in [0.05, 0.1) is 0 Å². The zero-order valence-corrected chi connectivity index (χ0v) is 10.4. The van der Waals surface area contributed by atoms with Crippen LogP contribution in [-0.2, 0) is 0 Å². The van der Waals surface area contributed by atoms with Gasteiger partial charge in [0.2, 0.25) is 5.00 Å². The lowest BCUT2D eigenvalue weighted by molar-refractivity contribution is -0.0846. The van der Waals surface area contributed by atoms with Gasteiger partial charge in [0.25, 0.3) is 5.92 Å². The summed E-state index contributed by atoms with van der Waals surface area (Å²) in [6.07, 6.45) is -0.501. The molecule has 0 nitrogen and oxygen atoms in total. The Morgan fingerprint density at radius 3 is 2.06 bits per heavy atom. The molecule has 0 radical (unpaired) electrons. The van der Waals surface area contributed by atoms with Crippen LogP contribution in [0.25, 0.3) is 0 Å². The van der Waals surface area contributed by atoms with E-state index in [1.165, 1.54) is 6.92 Å². The summed E-state index contributed by atoms with van der Waals surface area (Å²) in [7, 11) is 0. The van der Waals surface area contributed by atoms with Crippen molar-refractivity contribution in [2.45, 2.75) is 43.0 Å². The van der Waals surface area contributed by atoms with Gasteiger partial charge in [0.1, 0.15) is 0 Å². The normalized spacial score (nSPS) is 15.9. The van der Waals surface area contributed by atoms with Gasteiger partial charge in [-0.1, -0.05) is 36.4 Å². The third-order valence-electron chi connectivity index (χ3n) is 2.43. The predicted octanol–water partition coefficient (Wildman–Crippen LogP) is 4.82. The summed E-state index contributed by atoms with van der Waals surface area (Å²) < 4.78 is 40.5. The first-order valence-corrected chi connectivity index (χ1v) is 5.92. The molecule has 0 spiro atoms. The molecule has 0 amide bonds. The molecule has 90 valence electrons. The van der Waals surface area contributed by atoms with Crippen molar-refractivity contribution in [2.75, 3.05) is 0 Å². The van der Waals surface area contributed by atoms with E-state index in [0.717, 1.165) is 12.5 Å². The highest BCUT2D eigenvalue weighted by Crippen LogP contribution is 2.46. The van der Waals surface area contributed by atoms with Crippen LogP contribution >= 0.6 is 11.8 Å². The van der Waals surface area contributed by atoms with Gasteiger partial charge in [-0.3, -0.25) is 0 Å². The van der Waals surface area contributed by atoms with Gasteiger partial charge in [0.15, 0.2) is 0 Å². The summed E-state index contributed by atoms with van der Waals surface area (Å²) in [6, 6.07) is 6.87. The lowest BCUT2D eigenvalue weighted by atomic mass is 10.2. The lowest BCUT2D eigenvalue weighted by Crippen LogP contribution is -2.37. The van der Waals surface area contributed by atoms with Crippen molar-refractivity contribution in [1.29, 1.82) is 0 Å². The van der Waals surface area contributed by atoms with Crippen molar-refractivity contribution in [3.63, 3.8) is 0 Å². The van der Waals surface area contributed by atoms with Gasteiger partial charge in [0, 0.05) is 11.3 Å². The highest BCUT2D eigenvalue weighted by molar-refractivity contribution is 8.00. The molecule has 0 aliphatic heterocycles. The van der Waals surface area contributed by atoms with E-state index in [2.05, 4.69) is 0 Å². The van der Waals surface area contributed by atoms with Crippen LogP contribution in [0.2, 0.25) is 0 Å². The van der Waals surface area contributed by atoms with Gasteiger partial charge in [-0.05, 0) is 26.0 Å². The Balaban J connectivity index is 2.84. The molecule has 0 saturated carbocycles. The van der Waals surface area contributed by atoms with Gasteiger partial charge in [-0.15, -0.1) is 0 Å². The number of halogens is 3. The minimum Gasteiger partial charge on any atom is -0.225 e. The number of thioether (sulfide) groups is 1.